The summed E-state index contributed by atoms with van der Waals surface area (Å²) in [4.78, 5) is 74.5. The molecule has 16 nitrogen and oxygen atoms in total. The molecular weight excluding hydrogens is 1330 g/mol. The van der Waals surface area contributed by atoms with Crippen LogP contribution in [0.25, 0.3) is 98.8 Å². The second-order valence-electron chi connectivity index (χ2n) is 24.6. The highest BCUT2D eigenvalue weighted by atomic mass is 35.5. The van der Waals surface area contributed by atoms with Crippen LogP contribution in [0.2, 0.25) is 10.0 Å². The van der Waals surface area contributed by atoms with Crippen LogP contribution in [0.4, 0.5) is 39.0 Å². The molecule has 0 spiro atoms. The Bertz CT molecular complexity index is 5130. The van der Waals surface area contributed by atoms with Crippen molar-refractivity contribution in [2.75, 3.05) is 93.9 Å². The number of halogens is 7. The first-order valence-corrected chi connectivity index (χ1v) is 33.5. The number of hydrogen-bond acceptors (Lipinski definition) is 13. The minimum absolute atomic E-state index is 0.0219. The Kier molecular flexibility index (Phi) is 19.1. The van der Waals surface area contributed by atoms with Crippen molar-refractivity contribution in [2.24, 2.45) is 0 Å². The number of amides is 3. The Morgan fingerprint density at radius 1 is 0.515 bits per heavy atom. The van der Waals surface area contributed by atoms with Gasteiger partial charge in [0.2, 0.25) is 17.7 Å². The number of piperazine rings is 2. The second-order valence-corrected chi connectivity index (χ2v) is 25.5. The molecule has 10 heterocycles. The van der Waals surface area contributed by atoms with E-state index < -0.39 is 23.3 Å². The number of fused-ring (bicyclic) bond motifs is 7. The molecular formula is C78H63Cl2F5N12O4. The van der Waals surface area contributed by atoms with E-state index in [1.807, 2.05) is 53.4 Å². The molecule has 0 bridgehead atoms. The zero-order valence-electron chi connectivity index (χ0n) is 54.5. The summed E-state index contributed by atoms with van der Waals surface area (Å²) in [5.74, 6) is -2.65. The van der Waals surface area contributed by atoms with E-state index in [4.69, 9.17) is 27.9 Å². The Hall–Kier alpha value is -11.0. The number of rotatable bonds is 11. The smallest absolute Gasteiger partial charge is 0.246 e. The van der Waals surface area contributed by atoms with Crippen LogP contribution in [-0.2, 0) is 19.1 Å². The van der Waals surface area contributed by atoms with Crippen LogP contribution in [0.5, 0.6) is 0 Å². The third-order valence-electron chi connectivity index (χ3n) is 19.1. The number of aromatic nitrogens is 6. The molecule has 6 aromatic heterocycles. The van der Waals surface area contributed by atoms with Gasteiger partial charge in [-0.1, -0.05) is 115 Å². The first-order valence-electron chi connectivity index (χ1n) is 32.7. The third kappa shape index (κ3) is 12.8. The van der Waals surface area contributed by atoms with Gasteiger partial charge >= 0.3 is 0 Å². The molecule has 16 rings (SSSR count). The molecule has 508 valence electrons. The Morgan fingerprint density at radius 2 is 1.00 bits per heavy atom. The van der Waals surface area contributed by atoms with E-state index in [1.165, 1.54) is 30.4 Å². The number of carbonyl (C=O) groups excluding carboxylic acids is 3. The average molecular weight is 1400 g/mol. The highest BCUT2D eigenvalue weighted by Crippen LogP contribution is 2.43. The lowest BCUT2D eigenvalue weighted by atomic mass is 9.95. The van der Waals surface area contributed by atoms with E-state index in [0.29, 0.717) is 126 Å². The number of anilines is 3. The molecule has 4 fully saturated rings. The van der Waals surface area contributed by atoms with Crippen LogP contribution in [0.1, 0.15) is 6.42 Å². The third-order valence-corrected chi connectivity index (χ3v) is 19.7. The fourth-order valence-electron chi connectivity index (χ4n) is 14.1. The van der Waals surface area contributed by atoms with E-state index in [0.717, 1.165) is 39.6 Å². The molecule has 3 amide bonds. The van der Waals surface area contributed by atoms with Crippen molar-refractivity contribution in [1.82, 2.24) is 44.6 Å². The van der Waals surface area contributed by atoms with Gasteiger partial charge in [0.05, 0.1) is 23.7 Å². The van der Waals surface area contributed by atoms with Gasteiger partial charge in [0.15, 0.2) is 17.5 Å². The minimum atomic E-state index is -0.587. The maximum absolute atomic E-state index is 15.9. The van der Waals surface area contributed by atoms with E-state index in [9.17, 15) is 23.2 Å². The lowest BCUT2D eigenvalue weighted by molar-refractivity contribution is -0.127. The molecule has 12 aromatic rings. The highest BCUT2D eigenvalue weighted by molar-refractivity contribution is 6.37. The van der Waals surface area contributed by atoms with Crippen molar-refractivity contribution in [3.05, 3.63) is 235 Å². The molecule has 4 saturated heterocycles. The number of likely N-dealkylation sites (tertiary alicyclic amines) is 1. The number of carbonyl (C=O) groups is 3. The lowest BCUT2D eigenvalue weighted by Crippen LogP contribution is -2.62. The number of benzene rings is 6. The predicted molar refractivity (Wildman–Crippen MR) is 387 cm³/mol. The zero-order chi connectivity index (χ0) is 70.2. The minimum Gasteiger partial charge on any atom is -0.381 e. The fourth-order valence-corrected chi connectivity index (χ4v) is 14.5. The van der Waals surface area contributed by atoms with Gasteiger partial charge in [0.25, 0.3) is 0 Å². The monoisotopic (exact) mass is 1400 g/mol. The number of methoxy groups -OCH3 is 1. The van der Waals surface area contributed by atoms with Gasteiger partial charge in [-0.15, -0.1) is 0 Å². The Morgan fingerprint density at radius 3 is 1.53 bits per heavy atom. The van der Waals surface area contributed by atoms with E-state index in [2.05, 4.69) is 57.8 Å². The quantitative estimate of drug-likeness (QED) is 0.0891. The molecule has 0 unspecified atom stereocenters. The van der Waals surface area contributed by atoms with E-state index >= 15 is 13.2 Å². The zero-order valence-corrected chi connectivity index (χ0v) is 56.0. The number of nitrogens with zero attached hydrogens (tertiary/aromatic N) is 12. The summed E-state index contributed by atoms with van der Waals surface area (Å²) in [7, 11) is 1.58. The summed E-state index contributed by atoms with van der Waals surface area (Å²) in [6.45, 7) is 13.6. The summed E-state index contributed by atoms with van der Waals surface area (Å²) >= 11 is 12.4. The van der Waals surface area contributed by atoms with Crippen LogP contribution >= 0.6 is 23.2 Å². The van der Waals surface area contributed by atoms with E-state index in [-0.39, 0.29) is 74.3 Å². The maximum Gasteiger partial charge on any atom is 0.246 e. The predicted octanol–water partition coefficient (Wildman–Crippen LogP) is 15.0. The summed E-state index contributed by atoms with van der Waals surface area (Å²) < 4.78 is 80.1. The molecule has 0 aliphatic carbocycles. The lowest BCUT2D eigenvalue weighted by Gasteiger charge is -2.48. The van der Waals surface area contributed by atoms with Crippen molar-refractivity contribution in [1.29, 1.82) is 0 Å². The summed E-state index contributed by atoms with van der Waals surface area (Å²) in [6, 6.07) is 34.9. The normalized spacial score (nSPS) is 16.0. The van der Waals surface area contributed by atoms with Crippen LogP contribution in [-0.4, -0.2) is 154 Å². The van der Waals surface area contributed by atoms with Crippen LogP contribution in [0.3, 0.4) is 0 Å². The highest BCUT2D eigenvalue weighted by Gasteiger charge is 2.49. The molecule has 2 atom stereocenters. The molecule has 6 aromatic carbocycles. The topological polar surface area (TPSA) is 157 Å². The van der Waals surface area contributed by atoms with Crippen molar-refractivity contribution in [3.63, 3.8) is 0 Å². The number of ether oxygens (including phenoxy) is 1. The van der Waals surface area contributed by atoms with Crippen molar-refractivity contribution in [3.8, 4) is 33.8 Å². The van der Waals surface area contributed by atoms with Crippen LogP contribution in [0.15, 0.2) is 196 Å². The summed E-state index contributed by atoms with van der Waals surface area (Å²) in [6.07, 6.45) is 16.5. The average Bonchev–Trinajstić information content (AvgIpc) is 1.69. The molecule has 4 aliphatic rings. The fraction of sp³-hybridized carbons (Fsp3) is 0.192. The van der Waals surface area contributed by atoms with Gasteiger partial charge in [-0.3, -0.25) is 44.3 Å². The van der Waals surface area contributed by atoms with Gasteiger partial charge in [-0.05, 0) is 94.0 Å². The van der Waals surface area contributed by atoms with Crippen molar-refractivity contribution < 1.29 is 41.1 Å². The molecule has 0 N–H and O–H groups in total. The van der Waals surface area contributed by atoms with Crippen LogP contribution in [0, 0.1) is 29.1 Å². The molecule has 101 heavy (non-hydrogen) atoms. The first-order chi connectivity index (χ1) is 49.1. The molecule has 4 aliphatic heterocycles. The molecule has 0 saturated carbocycles. The van der Waals surface area contributed by atoms with Crippen molar-refractivity contribution >= 4 is 123 Å². The number of pyridine rings is 6. The Labute approximate surface area is 586 Å². The van der Waals surface area contributed by atoms with Gasteiger partial charge in [-0.2, -0.15) is 0 Å². The van der Waals surface area contributed by atoms with Gasteiger partial charge < -0.3 is 34.1 Å². The summed E-state index contributed by atoms with van der Waals surface area (Å²) in [5, 5.41) is 6.71. The van der Waals surface area contributed by atoms with Gasteiger partial charge in [0, 0.05) is 176 Å². The SMILES string of the molecule is C=CC(=O)N1CCN(c2ccnc3c(F)c(-c4cccc5cc(Cl)ccc45)ncc23)CC1.C=CC(=O)N1CCN(c2ccnc3c(F)c(-c4cccc5cc(F)ccc45)ncc23)CC1.COC/C=C/C(=O)N1CC[C@@H]2[C@H]1CN2c1ccnc2c(F)c(-c3cccc4ccc(F)c(Cl)c34)ncc12. The van der Waals surface area contributed by atoms with Gasteiger partial charge in [-0.25, -0.2) is 22.0 Å². The van der Waals surface area contributed by atoms with Crippen molar-refractivity contribution in [2.45, 2.75) is 18.5 Å². The van der Waals surface area contributed by atoms with Gasteiger partial charge in [0.1, 0.15) is 45.3 Å². The first kappa shape index (κ1) is 67.2. The molecule has 23 heteroatoms. The largest absolute Gasteiger partial charge is 0.381 e. The second kappa shape index (κ2) is 28.7. The maximum atomic E-state index is 15.9. The summed E-state index contributed by atoms with van der Waals surface area (Å²) in [5.41, 5.74) is 5.42. The Balaban J connectivity index is 0.000000129. The molecule has 0 radical (unpaired) electrons. The van der Waals surface area contributed by atoms with E-state index in [1.54, 1.807) is 121 Å². The van der Waals surface area contributed by atoms with Crippen LogP contribution < -0.4 is 14.7 Å². The number of hydrogen-bond donors (Lipinski definition) is 0. The standard InChI is InChI=1S/C28H23ClF2N4O2.C25H20ClFN4O.C25H20F2N4O/c1-37-13-3-6-23(36)34-12-10-21-22(34)15-35(21)20-9-11-32-28-18(20)14-33-27(26(28)31)17-5-2-4-16-7-8-19(30)25(29)24(16)17;2*1-2-22(32)31-12-10-30(11-13-31)21-8-9-28-25-20(21)15-29-24(23(25)27)19-5-3-4-16-14-17(26)6-7-18(16)19/h2-9,11,14,21-22H,10,12-13,15H2,1H3;2*2-9,14-15H,1,10-13H2/b6-3+;;/t21-,22-;;/m1../s1.